The average molecular weight is 333 g/mol. The van der Waals surface area contributed by atoms with E-state index in [1.807, 2.05) is 18.2 Å². The van der Waals surface area contributed by atoms with Crippen molar-refractivity contribution in [1.29, 1.82) is 0 Å². The summed E-state index contributed by atoms with van der Waals surface area (Å²) in [6, 6.07) is 14.0. The van der Waals surface area contributed by atoms with Crippen molar-refractivity contribution < 1.29 is 14.3 Å². The zero-order valence-corrected chi connectivity index (χ0v) is 13.4. The molecule has 0 aromatic heterocycles. The largest absolute Gasteiger partial charge is 0.465 e. The number of nitrogens with one attached hydrogen (secondary N) is 2. The molecule has 0 spiro atoms. The first-order chi connectivity index (χ1) is 11.1. The number of anilines is 1. The highest BCUT2D eigenvalue weighted by molar-refractivity contribution is 6.31. The predicted molar refractivity (Wildman–Crippen MR) is 89.6 cm³/mol. The van der Waals surface area contributed by atoms with Crippen LogP contribution in [0.15, 0.2) is 48.5 Å². The van der Waals surface area contributed by atoms with Crippen LogP contribution in [0.4, 0.5) is 5.69 Å². The predicted octanol–water partition coefficient (Wildman–Crippen LogP) is 2.85. The molecule has 0 atom stereocenters. The lowest BCUT2D eigenvalue weighted by Gasteiger charge is -2.08. The number of carbonyl (C=O) groups is 2. The number of methoxy groups -OCH3 is 1. The van der Waals surface area contributed by atoms with Crippen molar-refractivity contribution in [3.8, 4) is 0 Å². The van der Waals surface area contributed by atoms with Crippen molar-refractivity contribution in [1.82, 2.24) is 5.32 Å². The van der Waals surface area contributed by atoms with Gasteiger partial charge >= 0.3 is 5.97 Å². The fourth-order valence-electron chi connectivity index (χ4n) is 2.00. The van der Waals surface area contributed by atoms with Crippen molar-refractivity contribution in [3.05, 3.63) is 64.7 Å². The Kier molecular flexibility index (Phi) is 6.14. The zero-order chi connectivity index (χ0) is 16.7. The number of ether oxygens (including phenoxy) is 1. The summed E-state index contributed by atoms with van der Waals surface area (Å²) in [4.78, 5) is 23.4. The third-order valence-corrected chi connectivity index (χ3v) is 3.49. The molecule has 0 aliphatic rings. The van der Waals surface area contributed by atoms with Gasteiger partial charge in [-0.3, -0.25) is 4.79 Å². The van der Waals surface area contributed by atoms with E-state index in [1.165, 1.54) is 7.11 Å². The average Bonchev–Trinajstić information content (AvgIpc) is 2.56. The Hall–Kier alpha value is -2.37. The lowest BCUT2D eigenvalue weighted by molar-refractivity contribution is -0.115. The molecule has 2 aromatic carbocycles. The van der Waals surface area contributed by atoms with Crippen molar-refractivity contribution in [2.45, 2.75) is 6.54 Å². The fourth-order valence-corrected chi connectivity index (χ4v) is 2.20. The first-order valence-electron chi connectivity index (χ1n) is 7.02. The Morgan fingerprint density at radius 1 is 1.13 bits per heavy atom. The van der Waals surface area contributed by atoms with E-state index in [9.17, 15) is 9.59 Å². The quantitative estimate of drug-likeness (QED) is 0.798. The highest BCUT2D eigenvalue weighted by Gasteiger charge is 2.08. The van der Waals surface area contributed by atoms with E-state index in [0.717, 1.165) is 5.56 Å². The van der Waals surface area contributed by atoms with Crippen LogP contribution < -0.4 is 10.6 Å². The smallest absolute Gasteiger partial charge is 0.337 e. The SMILES string of the molecule is COC(=O)c1cccc(NC(=O)CNCc2ccccc2Cl)c1. The summed E-state index contributed by atoms with van der Waals surface area (Å²) in [5, 5.41) is 6.40. The second-order valence-corrected chi connectivity index (χ2v) is 5.22. The third kappa shape index (κ3) is 5.09. The number of carbonyl (C=O) groups excluding carboxylic acids is 2. The molecule has 0 aliphatic heterocycles. The number of amides is 1. The molecule has 0 radical (unpaired) electrons. The molecule has 2 aromatic rings. The van der Waals surface area contributed by atoms with Crippen LogP contribution in [0.5, 0.6) is 0 Å². The van der Waals surface area contributed by atoms with Crippen LogP contribution in [-0.2, 0) is 16.1 Å². The Morgan fingerprint density at radius 2 is 1.91 bits per heavy atom. The van der Waals surface area contributed by atoms with Gasteiger partial charge in [-0.2, -0.15) is 0 Å². The number of hydrogen-bond acceptors (Lipinski definition) is 4. The van der Waals surface area contributed by atoms with Gasteiger partial charge in [0.1, 0.15) is 0 Å². The maximum atomic E-state index is 11.9. The first-order valence-corrected chi connectivity index (χ1v) is 7.40. The van der Waals surface area contributed by atoms with E-state index in [0.29, 0.717) is 22.8 Å². The Labute approximate surface area is 139 Å². The molecule has 0 unspecified atom stereocenters. The second-order valence-electron chi connectivity index (χ2n) is 4.82. The Bertz CT molecular complexity index is 704. The monoisotopic (exact) mass is 332 g/mol. The molecule has 120 valence electrons. The molecular weight excluding hydrogens is 316 g/mol. The molecule has 5 nitrogen and oxygen atoms in total. The molecular formula is C17H17ClN2O3. The molecule has 0 saturated heterocycles. The van der Waals surface area contributed by atoms with Crippen molar-refractivity contribution in [3.63, 3.8) is 0 Å². The number of esters is 1. The van der Waals surface area contributed by atoms with Crippen molar-refractivity contribution in [2.75, 3.05) is 19.0 Å². The van der Waals surface area contributed by atoms with Crippen LogP contribution in [0.25, 0.3) is 0 Å². The number of rotatable bonds is 6. The van der Waals surface area contributed by atoms with Gasteiger partial charge in [0.15, 0.2) is 0 Å². The maximum absolute atomic E-state index is 11.9. The van der Waals surface area contributed by atoms with Crippen molar-refractivity contribution in [2.24, 2.45) is 0 Å². The van der Waals surface area contributed by atoms with Gasteiger partial charge < -0.3 is 15.4 Å². The highest BCUT2D eigenvalue weighted by Crippen LogP contribution is 2.14. The molecule has 0 heterocycles. The minimum absolute atomic E-state index is 0.133. The first kappa shape index (κ1) is 17.0. The molecule has 0 bridgehead atoms. The van der Waals surface area contributed by atoms with E-state index in [2.05, 4.69) is 15.4 Å². The molecule has 0 aliphatic carbocycles. The number of halogens is 1. The van der Waals surface area contributed by atoms with Crippen LogP contribution in [0.2, 0.25) is 5.02 Å². The normalized spacial score (nSPS) is 10.2. The van der Waals surface area contributed by atoms with Crippen LogP contribution in [-0.4, -0.2) is 25.5 Å². The standard InChI is InChI=1S/C17H17ClN2O3/c1-23-17(22)12-6-4-7-14(9-12)20-16(21)11-19-10-13-5-2-3-8-15(13)18/h2-9,19H,10-11H2,1H3,(H,20,21). The molecule has 23 heavy (non-hydrogen) atoms. The summed E-state index contributed by atoms with van der Waals surface area (Å²) in [6.45, 7) is 0.628. The molecule has 1 amide bonds. The van der Waals surface area contributed by atoms with E-state index in [4.69, 9.17) is 11.6 Å². The van der Waals surface area contributed by atoms with Gasteiger partial charge in [0, 0.05) is 17.3 Å². The summed E-state index contributed by atoms with van der Waals surface area (Å²) in [5.74, 6) is -0.656. The van der Waals surface area contributed by atoms with Gasteiger partial charge in [0.2, 0.25) is 5.91 Å². The maximum Gasteiger partial charge on any atom is 0.337 e. The second kappa shape index (κ2) is 8.31. The van der Waals surface area contributed by atoms with Crippen LogP contribution in [0.1, 0.15) is 15.9 Å². The lowest BCUT2D eigenvalue weighted by Crippen LogP contribution is -2.27. The third-order valence-electron chi connectivity index (χ3n) is 3.13. The van der Waals surface area contributed by atoms with Gasteiger partial charge in [-0.1, -0.05) is 35.9 Å². The summed E-state index contributed by atoms with van der Waals surface area (Å²) in [6.07, 6.45) is 0. The van der Waals surface area contributed by atoms with E-state index in [1.54, 1.807) is 30.3 Å². The van der Waals surface area contributed by atoms with Gasteiger partial charge in [-0.15, -0.1) is 0 Å². The molecule has 6 heteroatoms. The molecule has 0 fully saturated rings. The van der Waals surface area contributed by atoms with Crippen LogP contribution in [0, 0.1) is 0 Å². The van der Waals surface area contributed by atoms with E-state index < -0.39 is 5.97 Å². The van der Waals surface area contributed by atoms with Gasteiger partial charge in [-0.05, 0) is 29.8 Å². The number of hydrogen-bond donors (Lipinski definition) is 2. The zero-order valence-electron chi connectivity index (χ0n) is 12.6. The Balaban J connectivity index is 1.85. The molecule has 2 rings (SSSR count). The van der Waals surface area contributed by atoms with Gasteiger partial charge in [-0.25, -0.2) is 4.79 Å². The van der Waals surface area contributed by atoms with E-state index in [-0.39, 0.29) is 12.5 Å². The van der Waals surface area contributed by atoms with Crippen molar-refractivity contribution >= 4 is 29.2 Å². The topological polar surface area (TPSA) is 67.4 Å². The lowest BCUT2D eigenvalue weighted by atomic mass is 10.2. The Morgan fingerprint density at radius 3 is 2.65 bits per heavy atom. The summed E-state index contributed by atoms with van der Waals surface area (Å²) in [5.41, 5.74) is 1.85. The molecule has 0 saturated carbocycles. The van der Waals surface area contributed by atoms with Gasteiger partial charge in [0.05, 0.1) is 19.2 Å². The van der Waals surface area contributed by atoms with Crippen LogP contribution >= 0.6 is 11.6 Å². The number of benzene rings is 2. The van der Waals surface area contributed by atoms with Gasteiger partial charge in [0.25, 0.3) is 0 Å². The summed E-state index contributed by atoms with van der Waals surface area (Å²) >= 11 is 6.05. The van der Waals surface area contributed by atoms with E-state index >= 15 is 0 Å². The minimum Gasteiger partial charge on any atom is -0.465 e. The highest BCUT2D eigenvalue weighted by atomic mass is 35.5. The van der Waals surface area contributed by atoms with Crippen LogP contribution in [0.3, 0.4) is 0 Å². The minimum atomic E-state index is -0.446. The molecule has 2 N–H and O–H groups in total. The summed E-state index contributed by atoms with van der Waals surface area (Å²) < 4.78 is 4.64. The summed E-state index contributed by atoms with van der Waals surface area (Å²) in [7, 11) is 1.31. The fraction of sp³-hybridized carbons (Fsp3) is 0.176.